The first-order valence-corrected chi connectivity index (χ1v) is 9.21. The average Bonchev–Trinajstić information content (AvgIpc) is 3.22. The van der Waals surface area contributed by atoms with Crippen molar-refractivity contribution in [1.29, 1.82) is 0 Å². The summed E-state index contributed by atoms with van der Waals surface area (Å²) in [6.07, 6.45) is 0. The van der Waals surface area contributed by atoms with Gasteiger partial charge >= 0.3 is 0 Å². The SMILES string of the molecule is Cc1nn(C)c(C)c1C(C)NC(=O)c1ccc2noc(-c3ccccc3)c2c1. The molecule has 6 nitrogen and oxygen atoms in total. The third kappa shape index (κ3) is 3.07. The van der Waals surface area contributed by atoms with Crippen LogP contribution in [0.3, 0.4) is 0 Å². The Morgan fingerprint density at radius 2 is 1.89 bits per heavy atom. The standard InChI is InChI=1S/C22H22N4O2/c1-13(20-14(2)24-26(4)15(20)3)23-22(27)17-10-11-19-18(12-17)21(28-25-19)16-8-6-5-7-9-16/h5-13H,1-4H3,(H,23,27). The van der Waals surface area contributed by atoms with Crippen LogP contribution in [-0.2, 0) is 7.05 Å². The number of nitrogens with zero attached hydrogens (tertiary/aromatic N) is 3. The Hall–Kier alpha value is -3.41. The molecule has 4 rings (SSSR count). The van der Waals surface area contributed by atoms with E-state index in [0.29, 0.717) is 11.3 Å². The number of aromatic nitrogens is 3. The zero-order valence-corrected chi connectivity index (χ0v) is 16.4. The minimum atomic E-state index is -0.145. The summed E-state index contributed by atoms with van der Waals surface area (Å²) in [4.78, 5) is 12.9. The van der Waals surface area contributed by atoms with E-state index in [-0.39, 0.29) is 11.9 Å². The highest BCUT2D eigenvalue weighted by atomic mass is 16.5. The van der Waals surface area contributed by atoms with E-state index in [1.807, 2.05) is 75.0 Å². The molecule has 0 bridgehead atoms. The van der Waals surface area contributed by atoms with E-state index in [2.05, 4.69) is 15.6 Å². The van der Waals surface area contributed by atoms with Crippen LogP contribution in [0.1, 0.15) is 40.3 Å². The summed E-state index contributed by atoms with van der Waals surface area (Å²) in [7, 11) is 1.91. The first kappa shape index (κ1) is 18.0. The van der Waals surface area contributed by atoms with Crippen molar-refractivity contribution in [2.45, 2.75) is 26.8 Å². The molecule has 2 aromatic carbocycles. The molecule has 28 heavy (non-hydrogen) atoms. The molecule has 2 heterocycles. The molecule has 0 radical (unpaired) electrons. The van der Waals surface area contributed by atoms with Crippen LogP contribution in [0, 0.1) is 13.8 Å². The highest BCUT2D eigenvalue weighted by Crippen LogP contribution is 2.29. The van der Waals surface area contributed by atoms with Gasteiger partial charge in [-0.15, -0.1) is 0 Å². The van der Waals surface area contributed by atoms with Crippen LogP contribution in [0.5, 0.6) is 0 Å². The number of aryl methyl sites for hydroxylation is 2. The maximum absolute atomic E-state index is 12.9. The fourth-order valence-corrected chi connectivity index (χ4v) is 3.65. The zero-order valence-electron chi connectivity index (χ0n) is 16.4. The predicted molar refractivity (Wildman–Crippen MR) is 108 cm³/mol. The minimum absolute atomic E-state index is 0.141. The van der Waals surface area contributed by atoms with Gasteiger partial charge < -0.3 is 9.84 Å². The van der Waals surface area contributed by atoms with Gasteiger partial charge in [-0.3, -0.25) is 9.48 Å². The largest absolute Gasteiger partial charge is 0.355 e. The molecule has 1 N–H and O–H groups in total. The Balaban J connectivity index is 1.64. The van der Waals surface area contributed by atoms with Crippen molar-refractivity contribution in [2.75, 3.05) is 0 Å². The van der Waals surface area contributed by atoms with Crippen molar-refractivity contribution in [3.8, 4) is 11.3 Å². The van der Waals surface area contributed by atoms with Gasteiger partial charge in [-0.2, -0.15) is 5.10 Å². The molecule has 0 aliphatic carbocycles. The van der Waals surface area contributed by atoms with E-state index in [4.69, 9.17) is 4.52 Å². The fourth-order valence-electron chi connectivity index (χ4n) is 3.65. The topological polar surface area (TPSA) is 73.0 Å². The lowest BCUT2D eigenvalue weighted by Crippen LogP contribution is -2.27. The Morgan fingerprint density at radius 3 is 2.57 bits per heavy atom. The molecule has 0 fully saturated rings. The molecule has 0 saturated heterocycles. The van der Waals surface area contributed by atoms with Crippen molar-refractivity contribution in [2.24, 2.45) is 7.05 Å². The second-order valence-electron chi connectivity index (χ2n) is 7.01. The van der Waals surface area contributed by atoms with Gasteiger partial charge in [0.2, 0.25) is 0 Å². The van der Waals surface area contributed by atoms with Gasteiger partial charge in [0.15, 0.2) is 5.76 Å². The molecule has 0 aliphatic rings. The highest BCUT2D eigenvalue weighted by molar-refractivity contribution is 6.01. The molecule has 142 valence electrons. The lowest BCUT2D eigenvalue weighted by Gasteiger charge is -2.15. The van der Waals surface area contributed by atoms with Crippen molar-refractivity contribution in [1.82, 2.24) is 20.3 Å². The second-order valence-corrected chi connectivity index (χ2v) is 7.01. The van der Waals surface area contributed by atoms with Crippen LogP contribution in [0.4, 0.5) is 0 Å². The van der Waals surface area contributed by atoms with E-state index >= 15 is 0 Å². The molecule has 4 aromatic rings. The summed E-state index contributed by atoms with van der Waals surface area (Å²) in [5, 5.41) is 12.4. The van der Waals surface area contributed by atoms with E-state index in [9.17, 15) is 4.79 Å². The third-order valence-electron chi connectivity index (χ3n) is 5.12. The number of carbonyl (C=O) groups is 1. The maximum atomic E-state index is 12.9. The second kappa shape index (κ2) is 6.96. The molecule has 0 aliphatic heterocycles. The minimum Gasteiger partial charge on any atom is -0.355 e. The van der Waals surface area contributed by atoms with Gasteiger partial charge in [-0.1, -0.05) is 35.5 Å². The number of carbonyl (C=O) groups excluding carboxylic acids is 1. The molecule has 2 aromatic heterocycles. The number of amides is 1. The number of hydrogen-bond donors (Lipinski definition) is 1. The highest BCUT2D eigenvalue weighted by Gasteiger charge is 2.20. The van der Waals surface area contributed by atoms with E-state index in [1.54, 1.807) is 6.07 Å². The number of nitrogens with one attached hydrogen (secondary N) is 1. The Kier molecular flexibility index (Phi) is 4.47. The molecule has 1 amide bonds. The summed E-state index contributed by atoms with van der Waals surface area (Å²) in [6.45, 7) is 5.94. The molecule has 0 spiro atoms. The molecule has 0 saturated carbocycles. The first-order chi connectivity index (χ1) is 13.5. The van der Waals surface area contributed by atoms with E-state index < -0.39 is 0 Å². The van der Waals surface area contributed by atoms with Crippen LogP contribution in [-0.4, -0.2) is 20.8 Å². The fraction of sp³-hybridized carbons (Fsp3) is 0.227. The van der Waals surface area contributed by atoms with Gasteiger partial charge in [0.25, 0.3) is 5.91 Å². The summed E-state index contributed by atoms with van der Waals surface area (Å²) in [5.41, 5.74) is 5.24. The van der Waals surface area contributed by atoms with Crippen LogP contribution < -0.4 is 5.32 Å². The van der Waals surface area contributed by atoms with Crippen molar-refractivity contribution >= 4 is 16.8 Å². The first-order valence-electron chi connectivity index (χ1n) is 9.21. The van der Waals surface area contributed by atoms with Crippen LogP contribution >= 0.6 is 0 Å². The number of benzene rings is 2. The lowest BCUT2D eigenvalue weighted by molar-refractivity contribution is 0.0940. The third-order valence-corrected chi connectivity index (χ3v) is 5.12. The van der Waals surface area contributed by atoms with Gasteiger partial charge in [-0.25, -0.2) is 0 Å². The van der Waals surface area contributed by atoms with E-state index in [0.717, 1.165) is 33.4 Å². The predicted octanol–water partition coefficient (Wildman–Crippen LogP) is 4.34. The maximum Gasteiger partial charge on any atom is 0.251 e. The Morgan fingerprint density at radius 1 is 1.14 bits per heavy atom. The van der Waals surface area contributed by atoms with Gasteiger partial charge in [-0.05, 0) is 39.0 Å². The summed E-state index contributed by atoms with van der Waals surface area (Å²) in [6, 6.07) is 15.0. The van der Waals surface area contributed by atoms with Crippen LogP contribution in [0.25, 0.3) is 22.2 Å². The van der Waals surface area contributed by atoms with Crippen molar-refractivity contribution in [3.63, 3.8) is 0 Å². The lowest BCUT2D eigenvalue weighted by atomic mass is 10.0. The Bertz CT molecular complexity index is 1160. The average molecular weight is 374 g/mol. The van der Waals surface area contributed by atoms with E-state index in [1.165, 1.54) is 0 Å². The number of fused-ring (bicyclic) bond motifs is 1. The van der Waals surface area contributed by atoms with Crippen LogP contribution in [0.15, 0.2) is 53.1 Å². The number of hydrogen-bond acceptors (Lipinski definition) is 4. The molecule has 6 heteroatoms. The van der Waals surface area contributed by atoms with Crippen molar-refractivity contribution < 1.29 is 9.32 Å². The van der Waals surface area contributed by atoms with Gasteiger partial charge in [0.05, 0.1) is 17.1 Å². The molecular weight excluding hydrogens is 352 g/mol. The normalized spacial score (nSPS) is 12.3. The quantitative estimate of drug-likeness (QED) is 0.577. The zero-order chi connectivity index (χ0) is 19.8. The summed E-state index contributed by atoms with van der Waals surface area (Å²) < 4.78 is 7.36. The van der Waals surface area contributed by atoms with Gasteiger partial charge in [0, 0.05) is 29.4 Å². The number of rotatable bonds is 4. The monoisotopic (exact) mass is 374 g/mol. The Labute approximate surface area is 163 Å². The van der Waals surface area contributed by atoms with Crippen LogP contribution in [0.2, 0.25) is 0 Å². The summed E-state index contributed by atoms with van der Waals surface area (Å²) >= 11 is 0. The van der Waals surface area contributed by atoms with Gasteiger partial charge in [0.1, 0.15) is 5.52 Å². The smallest absolute Gasteiger partial charge is 0.251 e. The summed E-state index contributed by atoms with van der Waals surface area (Å²) in [5.74, 6) is 0.523. The molecule has 1 atom stereocenters. The molecular formula is C22H22N4O2. The van der Waals surface area contributed by atoms with Crippen molar-refractivity contribution in [3.05, 3.63) is 71.0 Å². The molecule has 1 unspecified atom stereocenters.